The Labute approximate surface area is 208 Å². The lowest BCUT2D eigenvalue weighted by Gasteiger charge is -2.01. The first-order valence-electron chi connectivity index (χ1n) is 14.7. The lowest BCUT2D eigenvalue weighted by atomic mass is 10.0. The summed E-state index contributed by atoms with van der Waals surface area (Å²) in [6, 6.07) is 0. The van der Waals surface area contributed by atoms with Crippen LogP contribution in [0.5, 0.6) is 0 Å². The van der Waals surface area contributed by atoms with Crippen molar-refractivity contribution < 1.29 is 4.79 Å². The summed E-state index contributed by atoms with van der Waals surface area (Å²) in [5, 5.41) is 0. The SMILES string of the molecule is CCCCCCCCCCCCCCC#CC#CCCCCCCCCCCCCC[C]=O. The third kappa shape index (κ3) is 30.8. The largest absolute Gasteiger partial charge is 0.291 e. The van der Waals surface area contributed by atoms with Crippen LogP contribution < -0.4 is 0 Å². The lowest BCUT2D eigenvalue weighted by molar-refractivity contribution is 0.534. The van der Waals surface area contributed by atoms with Crippen molar-refractivity contribution in [2.24, 2.45) is 0 Å². The van der Waals surface area contributed by atoms with Crippen LogP contribution in [0.3, 0.4) is 0 Å². The van der Waals surface area contributed by atoms with Crippen LogP contribution >= 0.6 is 0 Å². The molecule has 0 amide bonds. The van der Waals surface area contributed by atoms with E-state index in [9.17, 15) is 4.79 Å². The molecule has 0 bridgehead atoms. The number of hydrogen-bond acceptors (Lipinski definition) is 1. The van der Waals surface area contributed by atoms with Gasteiger partial charge in [0.25, 0.3) is 0 Å². The second-order valence-electron chi connectivity index (χ2n) is 9.78. The minimum Gasteiger partial charge on any atom is -0.291 e. The first-order valence-corrected chi connectivity index (χ1v) is 14.7. The molecule has 0 rings (SSSR count). The standard InChI is InChI=1S/C32H55O/c1-2-3-4-5-6-7-8-9-10-11-12-13-14-15-16-17-18-19-20-21-22-23-24-25-26-27-28-29-30-31-32-33/h2-14,19-31H2,1H3. The zero-order valence-electron chi connectivity index (χ0n) is 22.3. The summed E-state index contributed by atoms with van der Waals surface area (Å²) in [6.07, 6.45) is 35.6. The van der Waals surface area contributed by atoms with Gasteiger partial charge in [-0.05, 0) is 31.1 Å². The number of hydrogen-bond donors (Lipinski definition) is 0. The molecule has 0 aliphatic rings. The summed E-state index contributed by atoms with van der Waals surface area (Å²) >= 11 is 0. The van der Waals surface area contributed by atoms with Gasteiger partial charge in [0.15, 0.2) is 6.29 Å². The maximum absolute atomic E-state index is 10.1. The Morgan fingerprint density at radius 2 is 0.636 bits per heavy atom. The van der Waals surface area contributed by atoms with E-state index in [1.807, 2.05) is 6.29 Å². The summed E-state index contributed by atoms with van der Waals surface area (Å²) in [5.41, 5.74) is 0. The highest BCUT2D eigenvalue weighted by Gasteiger charge is 1.94. The van der Waals surface area contributed by atoms with Crippen molar-refractivity contribution in [3.63, 3.8) is 0 Å². The molecule has 1 nitrogen and oxygen atoms in total. The van der Waals surface area contributed by atoms with Gasteiger partial charge in [-0.2, -0.15) is 0 Å². The van der Waals surface area contributed by atoms with Crippen LogP contribution in [0, 0.1) is 23.7 Å². The Morgan fingerprint density at radius 1 is 0.364 bits per heavy atom. The summed E-state index contributed by atoms with van der Waals surface area (Å²) in [6.45, 7) is 2.29. The maximum Gasteiger partial charge on any atom is 0.198 e. The van der Waals surface area contributed by atoms with Crippen LogP contribution in [0.25, 0.3) is 0 Å². The second-order valence-corrected chi connectivity index (χ2v) is 9.78. The van der Waals surface area contributed by atoms with Gasteiger partial charge in [0.05, 0.1) is 0 Å². The van der Waals surface area contributed by atoms with E-state index >= 15 is 0 Å². The summed E-state index contributed by atoms with van der Waals surface area (Å²) < 4.78 is 0. The van der Waals surface area contributed by atoms with E-state index in [2.05, 4.69) is 30.6 Å². The van der Waals surface area contributed by atoms with Gasteiger partial charge in [0.2, 0.25) is 0 Å². The molecular weight excluding hydrogens is 400 g/mol. The van der Waals surface area contributed by atoms with Crippen LogP contribution in [0.1, 0.15) is 174 Å². The van der Waals surface area contributed by atoms with Crippen molar-refractivity contribution in [3.05, 3.63) is 0 Å². The third-order valence-electron chi connectivity index (χ3n) is 6.48. The van der Waals surface area contributed by atoms with Crippen molar-refractivity contribution in [2.45, 2.75) is 174 Å². The molecule has 33 heavy (non-hydrogen) atoms. The molecule has 0 saturated carbocycles. The fourth-order valence-electron chi connectivity index (χ4n) is 4.27. The monoisotopic (exact) mass is 455 g/mol. The molecule has 1 radical (unpaired) electrons. The fraction of sp³-hybridized carbons (Fsp3) is 0.844. The first-order chi connectivity index (χ1) is 16.4. The molecule has 0 aliphatic carbocycles. The van der Waals surface area contributed by atoms with Crippen molar-refractivity contribution in [3.8, 4) is 23.7 Å². The Kier molecular flexibility index (Phi) is 29.7. The van der Waals surface area contributed by atoms with Crippen LogP contribution in [-0.2, 0) is 4.79 Å². The van der Waals surface area contributed by atoms with Gasteiger partial charge in [-0.15, -0.1) is 0 Å². The van der Waals surface area contributed by atoms with Crippen molar-refractivity contribution in [1.82, 2.24) is 0 Å². The minimum absolute atomic E-state index is 0.621. The maximum atomic E-state index is 10.1. The summed E-state index contributed by atoms with van der Waals surface area (Å²) in [7, 11) is 0. The molecule has 0 aliphatic heterocycles. The van der Waals surface area contributed by atoms with E-state index in [-0.39, 0.29) is 0 Å². The smallest absolute Gasteiger partial charge is 0.198 e. The van der Waals surface area contributed by atoms with E-state index in [0.717, 1.165) is 19.3 Å². The average molecular weight is 456 g/mol. The molecule has 0 unspecified atom stereocenters. The molecule has 0 aromatic carbocycles. The molecule has 0 saturated heterocycles. The Hall–Kier alpha value is -1.21. The van der Waals surface area contributed by atoms with Crippen LogP contribution in [0.15, 0.2) is 0 Å². The zero-order valence-corrected chi connectivity index (χ0v) is 22.3. The van der Waals surface area contributed by atoms with E-state index < -0.39 is 0 Å². The van der Waals surface area contributed by atoms with Gasteiger partial charge in [0.1, 0.15) is 0 Å². The number of rotatable bonds is 25. The Balaban J connectivity index is 3.21. The average Bonchev–Trinajstić information content (AvgIpc) is 2.83. The Bertz CT molecular complexity index is 498. The van der Waals surface area contributed by atoms with Gasteiger partial charge >= 0.3 is 0 Å². The van der Waals surface area contributed by atoms with E-state index in [1.54, 1.807) is 0 Å². The molecule has 0 fully saturated rings. The molecule has 0 N–H and O–H groups in total. The predicted molar refractivity (Wildman–Crippen MR) is 147 cm³/mol. The summed E-state index contributed by atoms with van der Waals surface area (Å²) in [4.78, 5) is 10.1. The quantitative estimate of drug-likeness (QED) is 0.0988. The molecule has 0 atom stereocenters. The number of unbranched alkanes of at least 4 members (excludes halogenated alkanes) is 24. The van der Waals surface area contributed by atoms with Crippen molar-refractivity contribution in [1.29, 1.82) is 0 Å². The first kappa shape index (κ1) is 31.8. The molecular formula is C32H55O. The molecule has 0 aromatic rings. The third-order valence-corrected chi connectivity index (χ3v) is 6.48. The molecule has 0 aromatic heterocycles. The molecule has 0 heterocycles. The Morgan fingerprint density at radius 3 is 0.939 bits per heavy atom. The second kappa shape index (κ2) is 30.8. The predicted octanol–water partition coefficient (Wildman–Crippen LogP) is 10.3. The molecule has 189 valence electrons. The topological polar surface area (TPSA) is 17.1 Å². The van der Waals surface area contributed by atoms with Gasteiger partial charge < -0.3 is 0 Å². The lowest BCUT2D eigenvalue weighted by Crippen LogP contribution is -1.83. The van der Waals surface area contributed by atoms with Crippen LogP contribution in [0.2, 0.25) is 0 Å². The zero-order chi connectivity index (χ0) is 23.9. The van der Waals surface area contributed by atoms with E-state index in [4.69, 9.17) is 0 Å². The van der Waals surface area contributed by atoms with Gasteiger partial charge in [-0.3, -0.25) is 4.79 Å². The van der Waals surface area contributed by atoms with Gasteiger partial charge in [-0.25, -0.2) is 0 Å². The highest BCUT2D eigenvalue weighted by atomic mass is 16.1. The van der Waals surface area contributed by atoms with Crippen molar-refractivity contribution in [2.75, 3.05) is 0 Å². The van der Waals surface area contributed by atoms with Crippen molar-refractivity contribution >= 4 is 6.29 Å². The molecule has 1 heteroatoms. The highest BCUT2D eigenvalue weighted by Crippen LogP contribution is 2.13. The highest BCUT2D eigenvalue weighted by molar-refractivity contribution is 5.50. The normalized spacial score (nSPS) is 10.3. The van der Waals surface area contributed by atoms with Gasteiger partial charge in [0, 0.05) is 19.3 Å². The van der Waals surface area contributed by atoms with E-state index in [1.165, 1.54) is 141 Å². The minimum atomic E-state index is 0.621. The van der Waals surface area contributed by atoms with E-state index in [0.29, 0.717) is 6.42 Å². The number of carbonyl (C=O) groups excluding carboxylic acids is 1. The van der Waals surface area contributed by atoms with Crippen LogP contribution in [0.4, 0.5) is 0 Å². The molecule has 0 spiro atoms. The van der Waals surface area contributed by atoms with Crippen LogP contribution in [-0.4, -0.2) is 6.29 Å². The summed E-state index contributed by atoms with van der Waals surface area (Å²) in [5.74, 6) is 12.5. The van der Waals surface area contributed by atoms with Gasteiger partial charge in [-0.1, -0.05) is 147 Å². The fourth-order valence-corrected chi connectivity index (χ4v) is 4.27.